The van der Waals surface area contributed by atoms with Crippen molar-refractivity contribution in [2.45, 2.75) is 19.8 Å². The fourth-order valence-electron chi connectivity index (χ4n) is 1.90. The molecule has 0 fully saturated rings. The molecule has 0 spiro atoms. The molecular weight excluding hydrogens is 304 g/mol. The summed E-state index contributed by atoms with van der Waals surface area (Å²) in [6.45, 7) is 2.26. The molecule has 2 aromatic carbocycles. The third kappa shape index (κ3) is 4.67. The van der Waals surface area contributed by atoms with Gasteiger partial charge in [0.05, 0.1) is 6.61 Å². The van der Waals surface area contributed by atoms with Crippen molar-refractivity contribution in [1.29, 1.82) is 0 Å². The molecule has 0 saturated heterocycles. The highest BCUT2D eigenvalue weighted by molar-refractivity contribution is 6.30. The standard InChI is InChI=1S/C17H17ClO4/c1-12-15(21-11-3-6-17(19)20)4-2-5-16(12)22-14-9-7-13(18)8-10-14/h2,4-5,7-10H,3,6,11H2,1H3,(H,19,20). The molecule has 0 unspecified atom stereocenters. The molecule has 0 atom stereocenters. The van der Waals surface area contributed by atoms with Gasteiger partial charge in [0.25, 0.3) is 0 Å². The van der Waals surface area contributed by atoms with Gasteiger partial charge in [-0.05, 0) is 49.7 Å². The van der Waals surface area contributed by atoms with Crippen LogP contribution in [0.3, 0.4) is 0 Å². The Morgan fingerprint density at radius 1 is 1.14 bits per heavy atom. The number of ether oxygens (including phenoxy) is 2. The van der Waals surface area contributed by atoms with Gasteiger partial charge in [-0.2, -0.15) is 0 Å². The van der Waals surface area contributed by atoms with Crippen LogP contribution in [0.4, 0.5) is 0 Å². The van der Waals surface area contributed by atoms with Gasteiger partial charge in [0, 0.05) is 17.0 Å². The highest BCUT2D eigenvalue weighted by Crippen LogP contribution is 2.31. The number of aliphatic carboxylic acids is 1. The lowest BCUT2D eigenvalue weighted by molar-refractivity contribution is -0.137. The summed E-state index contributed by atoms with van der Waals surface area (Å²) in [4.78, 5) is 10.5. The van der Waals surface area contributed by atoms with E-state index in [1.54, 1.807) is 24.3 Å². The van der Waals surface area contributed by atoms with Crippen LogP contribution in [0.2, 0.25) is 5.02 Å². The van der Waals surface area contributed by atoms with E-state index in [9.17, 15) is 4.79 Å². The predicted octanol–water partition coefficient (Wildman–Crippen LogP) is 4.68. The van der Waals surface area contributed by atoms with E-state index in [1.165, 1.54) is 0 Å². The van der Waals surface area contributed by atoms with Crippen LogP contribution in [0.25, 0.3) is 0 Å². The molecule has 0 aliphatic rings. The van der Waals surface area contributed by atoms with Crippen molar-refractivity contribution in [1.82, 2.24) is 0 Å². The Hall–Kier alpha value is -2.20. The number of hydrogen-bond donors (Lipinski definition) is 1. The van der Waals surface area contributed by atoms with Gasteiger partial charge < -0.3 is 14.6 Å². The maximum atomic E-state index is 10.5. The summed E-state index contributed by atoms with van der Waals surface area (Å²) in [6, 6.07) is 12.6. The molecule has 116 valence electrons. The van der Waals surface area contributed by atoms with Crippen molar-refractivity contribution in [3.63, 3.8) is 0 Å². The zero-order chi connectivity index (χ0) is 15.9. The molecule has 0 amide bonds. The molecule has 0 bridgehead atoms. The second kappa shape index (κ2) is 7.71. The van der Waals surface area contributed by atoms with E-state index >= 15 is 0 Å². The van der Waals surface area contributed by atoms with E-state index in [0.717, 1.165) is 5.56 Å². The summed E-state index contributed by atoms with van der Waals surface area (Å²) in [7, 11) is 0. The minimum atomic E-state index is -0.819. The molecule has 2 aromatic rings. The first-order valence-corrected chi connectivity index (χ1v) is 7.31. The van der Waals surface area contributed by atoms with Gasteiger partial charge in [0.2, 0.25) is 0 Å². The molecular formula is C17H17ClO4. The molecule has 5 heteroatoms. The lowest BCUT2D eigenvalue weighted by Gasteiger charge is -2.13. The SMILES string of the molecule is Cc1c(OCCCC(=O)O)cccc1Oc1ccc(Cl)cc1. The lowest BCUT2D eigenvalue weighted by Crippen LogP contribution is -2.03. The summed E-state index contributed by atoms with van der Waals surface area (Å²) in [5.74, 6) is 1.26. The minimum Gasteiger partial charge on any atom is -0.493 e. The molecule has 0 heterocycles. The van der Waals surface area contributed by atoms with Crippen LogP contribution in [0, 0.1) is 6.92 Å². The number of rotatable bonds is 7. The lowest BCUT2D eigenvalue weighted by atomic mass is 10.2. The first-order valence-electron chi connectivity index (χ1n) is 6.94. The monoisotopic (exact) mass is 320 g/mol. The Morgan fingerprint density at radius 3 is 2.50 bits per heavy atom. The average molecular weight is 321 g/mol. The Bertz CT molecular complexity index is 638. The molecule has 0 saturated carbocycles. The smallest absolute Gasteiger partial charge is 0.303 e. The van der Waals surface area contributed by atoms with E-state index in [1.807, 2.05) is 25.1 Å². The normalized spacial score (nSPS) is 10.3. The molecule has 4 nitrogen and oxygen atoms in total. The second-order valence-electron chi connectivity index (χ2n) is 4.78. The van der Waals surface area contributed by atoms with Crippen molar-refractivity contribution in [2.24, 2.45) is 0 Å². The van der Waals surface area contributed by atoms with E-state index in [4.69, 9.17) is 26.2 Å². The first-order chi connectivity index (χ1) is 10.6. The Balaban J connectivity index is 2.02. The Labute approximate surface area is 134 Å². The van der Waals surface area contributed by atoms with Gasteiger partial charge in [0.1, 0.15) is 17.2 Å². The summed E-state index contributed by atoms with van der Waals surface area (Å²) in [6.07, 6.45) is 0.567. The maximum absolute atomic E-state index is 10.5. The number of hydrogen-bond acceptors (Lipinski definition) is 3. The van der Waals surface area contributed by atoms with E-state index in [2.05, 4.69) is 0 Å². The number of carboxylic acid groups (broad SMARTS) is 1. The predicted molar refractivity (Wildman–Crippen MR) is 85.1 cm³/mol. The zero-order valence-electron chi connectivity index (χ0n) is 12.2. The van der Waals surface area contributed by atoms with Crippen LogP contribution in [0.5, 0.6) is 17.2 Å². The van der Waals surface area contributed by atoms with Gasteiger partial charge in [-0.3, -0.25) is 4.79 Å². The molecule has 0 aromatic heterocycles. The van der Waals surface area contributed by atoms with Crippen LogP contribution in [-0.4, -0.2) is 17.7 Å². The number of carbonyl (C=O) groups is 1. The Morgan fingerprint density at radius 2 is 1.82 bits per heavy atom. The quantitative estimate of drug-likeness (QED) is 0.752. The van der Waals surface area contributed by atoms with Gasteiger partial charge in [0.15, 0.2) is 0 Å². The minimum absolute atomic E-state index is 0.0972. The number of carboxylic acids is 1. The van der Waals surface area contributed by atoms with E-state index in [-0.39, 0.29) is 6.42 Å². The van der Waals surface area contributed by atoms with Crippen LogP contribution in [0.1, 0.15) is 18.4 Å². The molecule has 0 aliphatic carbocycles. The van der Waals surface area contributed by atoms with Crippen LogP contribution >= 0.6 is 11.6 Å². The first kappa shape index (κ1) is 16.2. The highest BCUT2D eigenvalue weighted by atomic mass is 35.5. The number of benzene rings is 2. The summed E-state index contributed by atoms with van der Waals surface area (Å²) in [5, 5.41) is 9.26. The topological polar surface area (TPSA) is 55.8 Å². The van der Waals surface area contributed by atoms with Gasteiger partial charge in [-0.1, -0.05) is 17.7 Å². The molecule has 22 heavy (non-hydrogen) atoms. The van der Waals surface area contributed by atoms with Gasteiger partial charge in [-0.25, -0.2) is 0 Å². The summed E-state index contributed by atoms with van der Waals surface area (Å²) < 4.78 is 11.4. The third-order valence-corrected chi connectivity index (χ3v) is 3.32. The maximum Gasteiger partial charge on any atom is 0.303 e. The van der Waals surface area contributed by atoms with Crippen molar-refractivity contribution in [2.75, 3.05) is 6.61 Å². The average Bonchev–Trinajstić information content (AvgIpc) is 2.49. The molecule has 1 N–H and O–H groups in total. The summed E-state index contributed by atoms with van der Waals surface area (Å²) in [5.41, 5.74) is 0.868. The zero-order valence-corrected chi connectivity index (χ0v) is 13.0. The fourth-order valence-corrected chi connectivity index (χ4v) is 2.02. The van der Waals surface area contributed by atoms with Crippen molar-refractivity contribution in [3.05, 3.63) is 53.1 Å². The number of halogens is 1. The van der Waals surface area contributed by atoms with Gasteiger partial charge in [-0.15, -0.1) is 0 Å². The second-order valence-corrected chi connectivity index (χ2v) is 5.22. The van der Waals surface area contributed by atoms with Crippen LogP contribution in [-0.2, 0) is 4.79 Å². The highest BCUT2D eigenvalue weighted by Gasteiger charge is 2.08. The fraction of sp³-hybridized carbons (Fsp3) is 0.235. The van der Waals surface area contributed by atoms with Crippen LogP contribution < -0.4 is 9.47 Å². The van der Waals surface area contributed by atoms with Crippen molar-refractivity contribution >= 4 is 17.6 Å². The van der Waals surface area contributed by atoms with Gasteiger partial charge >= 0.3 is 5.97 Å². The molecule has 2 rings (SSSR count). The van der Waals surface area contributed by atoms with E-state index < -0.39 is 5.97 Å². The summed E-state index contributed by atoms with van der Waals surface area (Å²) >= 11 is 5.85. The van der Waals surface area contributed by atoms with Crippen LogP contribution in [0.15, 0.2) is 42.5 Å². The molecule has 0 radical (unpaired) electrons. The largest absolute Gasteiger partial charge is 0.493 e. The third-order valence-electron chi connectivity index (χ3n) is 3.07. The van der Waals surface area contributed by atoms with Crippen molar-refractivity contribution in [3.8, 4) is 17.2 Å². The molecule has 0 aliphatic heterocycles. The van der Waals surface area contributed by atoms with E-state index in [0.29, 0.717) is 35.3 Å². The van der Waals surface area contributed by atoms with Crippen molar-refractivity contribution < 1.29 is 19.4 Å². The Kier molecular flexibility index (Phi) is 5.67.